The first-order chi connectivity index (χ1) is 9.28. The fourth-order valence-corrected chi connectivity index (χ4v) is 2.58. The maximum atomic E-state index is 11.6. The molecule has 6 nitrogen and oxygen atoms in total. The molecule has 0 aromatic heterocycles. The van der Waals surface area contributed by atoms with Crippen LogP contribution in [0.25, 0.3) is 0 Å². The molecule has 0 aromatic rings. The van der Waals surface area contributed by atoms with Crippen molar-refractivity contribution in [3.05, 3.63) is 11.8 Å². The van der Waals surface area contributed by atoms with Gasteiger partial charge in [-0.25, -0.2) is 9.59 Å². The van der Waals surface area contributed by atoms with Crippen molar-refractivity contribution in [2.24, 2.45) is 0 Å². The number of hydrogen-bond acceptors (Lipinski definition) is 6. The first-order valence-electron chi connectivity index (χ1n) is 6.42. The van der Waals surface area contributed by atoms with Crippen molar-refractivity contribution in [1.29, 1.82) is 0 Å². The molecule has 0 radical (unpaired) electrons. The third-order valence-corrected chi connectivity index (χ3v) is 3.92. The molecule has 0 bridgehead atoms. The highest BCUT2D eigenvalue weighted by Gasteiger charge is 2.48. The molecule has 1 saturated heterocycles. The lowest BCUT2D eigenvalue weighted by Gasteiger charge is -2.13. The van der Waals surface area contributed by atoms with Crippen LogP contribution in [0.3, 0.4) is 0 Å². The lowest BCUT2D eigenvalue weighted by Crippen LogP contribution is -2.38. The van der Waals surface area contributed by atoms with E-state index in [-0.39, 0.29) is 0 Å². The molecular weight excluding hydrogens is 279 g/mol. The van der Waals surface area contributed by atoms with Crippen molar-refractivity contribution >= 4 is 27.1 Å². The molecule has 0 aromatic carbocycles. The maximum Gasteiger partial charge on any atom is 0.462 e. The third kappa shape index (κ3) is 4.77. The van der Waals surface area contributed by atoms with Crippen LogP contribution in [-0.4, -0.2) is 53.6 Å². The van der Waals surface area contributed by atoms with Gasteiger partial charge in [-0.3, -0.25) is 0 Å². The van der Waals surface area contributed by atoms with Gasteiger partial charge < -0.3 is 18.8 Å². The smallest absolute Gasteiger partial charge is 0.462 e. The van der Waals surface area contributed by atoms with Crippen LogP contribution in [0.5, 0.6) is 0 Å². The Morgan fingerprint density at radius 2 is 1.55 bits per heavy atom. The van der Waals surface area contributed by atoms with Crippen LogP contribution in [0.2, 0.25) is 26.0 Å². The van der Waals surface area contributed by atoms with E-state index in [0.717, 1.165) is 0 Å². The highest BCUT2D eigenvalue weighted by molar-refractivity contribution is 6.81. The first-order valence-corrected chi connectivity index (χ1v) is 10.0. The van der Waals surface area contributed by atoms with Crippen LogP contribution in [0.15, 0.2) is 11.8 Å². The van der Waals surface area contributed by atoms with Gasteiger partial charge in [0.1, 0.15) is 0 Å². The van der Waals surface area contributed by atoms with Gasteiger partial charge in [0.05, 0.1) is 22.3 Å². The molecule has 2 unspecified atom stereocenters. The number of carbonyl (C=O) groups is 2. The van der Waals surface area contributed by atoms with E-state index < -0.39 is 39.3 Å². The van der Waals surface area contributed by atoms with Crippen LogP contribution >= 0.6 is 0 Å². The number of esters is 2. The van der Waals surface area contributed by atoms with Crippen LogP contribution in [0, 0.1) is 0 Å². The fourth-order valence-electron chi connectivity index (χ4n) is 1.74. The number of ether oxygens (including phenoxy) is 2. The van der Waals surface area contributed by atoms with Crippen LogP contribution in [0.4, 0.5) is 0 Å². The molecule has 1 fully saturated rings. The lowest BCUT2D eigenvalue weighted by atomic mass is 9.85. The van der Waals surface area contributed by atoms with Gasteiger partial charge >= 0.3 is 19.1 Å². The van der Waals surface area contributed by atoms with Crippen molar-refractivity contribution in [1.82, 2.24) is 0 Å². The van der Waals surface area contributed by atoms with Gasteiger partial charge in [-0.2, -0.15) is 0 Å². The summed E-state index contributed by atoms with van der Waals surface area (Å²) in [4.78, 5) is 23.2. The van der Waals surface area contributed by atoms with E-state index in [2.05, 4.69) is 34.8 Å². The second kappa shape index (κ2) is 7.05. The molecule has 1 aliphatic rings. The number of rotatable bonds is 5. The minimum Gasteiger partial charge on any atom is -0.467 e. The van der Waals surface area contributed by atoms with Crippen molar-refractivity contribution in [2.45, 2.75) is 38.2 Å². The molecule has 1 heterocycles. The molecule has 1 rings (SSSR count). The summed E-state index contributed by atoms with van der Waals surface area (Å²) in [5.74, 6) is -1.28. The summed E-state index contributed by atoms with van der Waals surface area (Å²) < 4.78 is 20.1. The van der Waals surface area contributed by atoms with Crippen molar-refractivity contribution < 1.29 is 28.4 Å². The average Bonchev–Trinajstić information content (AvgIpc) is 2.79. The summed E-state index contributed by atoms with van der Waals surface area (Å²) in [6.45, 7) is 6.61. The maximum absolute atomic E-state index is 11.6. The number of methoxy groups -OCH3 is 2. The van der Waals surface area contributed by atoms with E-state index in [4.69, 9.17) is 9.31 Å². The molecule has 2 atom stereocenters. The normalized spacial score (nSPS) is 23.1. The lowest BCUT2D eigenvalue weighted by molar-refractivity contribution is -0.160. The van der Waals surface area contributed by atoms with E-state index in [1.165, 1.54) is 14.2 Å². The zero-order valence-corrected chi connectivity index (χ0v) is 13.5. The summed E-state index contributed by atoms with van der Waals surface area (Å²) in [7, 11) is 0.531. The highest BCUT2D eigenvalue weighted by atomic mass is 28.3. The Bertz CT molecular complexity index is 368. The predicted molar refractivity (Wildman–Crippen MR) is 76.8 cm³/mol. The van der Waals surface area contributed by atoms with E-state index in [9.17, 15) is 9.59 Å². The van der Waals surface area contributed by atoms with E-state index in [0.29, 0.717) is 6.32 Å². The van der Waals surface area contributed by atoms with E-state index >= 15 is 0 Å². The molecule has 8 heteroatoms. The quantitative estimate of drug-likeness (QED) is 0.558. The fraction of sp³-hybridized carbons (Fsp3) is 0.667. The van der Waals surface area contributed by atoms with Crippen molar-refractivity contribution in [2.75, 3.05) is 14.2 Å². The second-order valence-corrected chi connectivity index (χ2v) is 10.7. The molecule has 0 saturated carbocycles. The van der Waals surface area contributed by atoms with Gasteiger partial charge in [0, 0.05) is 0 Å². The SMILES string of the molecule is COC(=O)C1OB(C/C=C/[Si](C)(C)C)OC1C(=O)OC. The standard InChI is InChI=1S/C12H21BO6Si/c1-16-11(14)9-10(12(15)17-2)19-13(18-9)7-6-8-20(3,4)5/h6,8-10H,7H2,1-5H3/b8-6+. The molecule has 0 amide bonds. The molecule has 1 aliphatic heterocycles. The zero-order valence-electron chi connectivity index (χ0n) is 12.5. The van der Waals surface area contributed by atoms with Gasteiger partial charge in [0.2, 0.25) is 0 Å². The molecule has 0 spiro atoms. The third-order valence-electron chi connectivity index (χ3n) is 2.69. The van der Waals surface area contributed by atoms with Crippen molar-refractivity contribution in [3.63, 3.8) is 0 Å². The number of hydrogen-bond donors (Lipinski definition) is 0. The average molecular weight is 300 g/mol. The molecule has 0 aliphatic carbocycles. The van der Waals surface area contributed by atoms with Crippen LogP contribution < -0.4 is 0 Å². The second-order valence-electron chi connectivity index (χ2n) is 5.59. The van der Waals surface area contributed by atoms with Gasteiger partial charge in [0.15, 0.2) is 12.2 Å². The molecule has 112 valence electrons. The summed E-state index contributed by atoms with van der Waals surface area (Å²) in [6, 6.07) is 0. The monoisotopic (exact) mass is 300 g/mol. The Labute approximate surface area is 120 Å². The van der Waals surface area contributed by atoms with E-state index in [1.807, 2.05) is 6.08 Å². The van der Waals surface area contributed by atoms with Gasteiger partial charge in [0.25, 0.3) is 0 Å². The topological polar surface area (TPSA) is 71.1 Å². The van der Waals surface area contributed by atoms with Gasteiger partial charge in [-0.05, 0) is 6.32 Å². The summed E-state index contributed by atoms with van der Waals surface area (Å²) >= 11 is 0. The zero-order chi connectivity index (χ0) is 15.3. The largest absolute Gasteiger partial charge is 0.467 e. The molecular formula is C12H21BO6Si. The minimum absolute atomic E-state index is 0.477. The van der Waals surface area contributed by atoms with Crippen LogP contribution in [0.1, 0.15) is 0 Å². The molecule has 20 heavy (non-hydrogen) atoms. The Morgan fingerprint density at radius 3 is 1.90 bits per heavy atom. The summed E-state index contributed by atoms with van der Waals surface area (Å²) in [6.07, 6.45) is 0.298. The van der Waals surface area contributed by atoms with E-state index in [1.54, 1.807) is 0 Å². The Kier molecular flexibility index (Phi) is 5.97. The molecule has 0 N–H and O–H groups in total. The van der Waals surface area contributed by atoms with Gasteiger partial charge in [-0.1, -0.05) is 31.4 Å². The Balaban J connectivity index is 2.68. The van der Waals surface area contributed by atoms with Gasteiger partial charge in [-0.15, -0.1) is 0 Å². The number of allylic oxidation sites excluding steroid dienone is 1. The predicted octanol–water partition coefficient (Wildman–Crippen LogP) is 1.04. The summed E-state index contributed by atoms with van der Waals surface area (Å²) in [5.41, 5.74) is 2.15. The van der Waals surface area contributed by atoms with Crippen LogP contribution in [-0.2, 0) is 28.4 Å². The summed E-state index contributed by atoms with van der Waals surface area (Å²) in [5, 5.41) is 0. The Morgan fingerprint density at radius 1 is 1.10 bits per heavy atom. The minimum atomic E-state index is -1.30. The number of carbonyl (C=O) groups excluding carboxylic acids is 2. The van der Waals surface area contributed by atoms with Crippen molar-refractivity contribution in [3.8, 4) is 0 Å². The first kappa shape index (κ1) is 16.9. The highest BCUT2D eigenvalue weighted by Crippen LogP contribution is 2.22. The Hall–Kier alpha value is -1.12.